The molecule has 0 aromatic heterocycles. The normalized spacial score (nSPS) is 10.3. The Hall–Kier alpha value is -2.12. The maximum atomic E-state index is 10.5. The predicted octanol–water partition coefficient (Wildman–Crippen LogP) is -1.60. The fourth-order valence-electron chi connectivity index (χ4n) is 0.619. The fraction of sp³-hybridized carbons (Fsp3) is 0.333. The first kappa shape index (κ1) is 11.9. The topological polar surface area (TPSA) is 138 Å². The van der Waals surface area contributed by atoms with Crippen molar-refractivity contribution in [2.45, 2.75) is 0 Å². The van der Waals surface area contributed by atoms with E-state index in [1.807, 2.05) is 0 Å². The first-order valence-corrected chi connectivity index (χ1v) is 3.15. The lowest BCUT2D eigenvalue weighted by Gasteiger charge is -2.17. The number of carbonyl (C=O) groups is 4. The highest BCUT2D eigenvalue weighted by Crippen LogP contribution is 2.19. The van der Waals surface area contributed by atoms with Gasteiger partial charge in [0.15, 0.2) is 0 Å². The SMILES string of the molecule is O=COCC(C(=O)O)(C(=O)O)C(=O)O. The van der Waals surface area contributed by atoms with Gasteiger partial charge < -0.3 is 20.1 Å². The van der Waals surface area contributed by atoms with Gasteiger partial charge in [0.25, 0.3) is 11.9 Å². The highest BCUT2D eigenvalue weighted by Gasteiger charge is 2.55. The summed E-state index contributed by atoms with van der Waals surface area (Å²) in [6, 6.07) is 0. The molecular formula is C6H6O8. The lowest BCUT2D eigenvalue weighted by Crippen LogP contribution is -2.50. The fourth-order valence-corrected chi connectivity index (χ4v) is 0.619. The van der Waals surface area contributed by atoms with Crippen LogP contribution in [0.15, 0.2) is 0 Å². The molecule has 8 heteroatoms. The zero-order valence-corrected chi connectivity index (χ0v) is 6.67. The first-order chi connectivity index (χ1) is 6.39. The van der Waals surface area contributed by atoms with Crippen molar-refractivity contribution in [3.05, 3.63) is 0 Å². The van der Waals surface area contributed by atoms with Crippen LogP contribution in [0.5, 0.6) is 0 Å². The smallest absolute Gasteiger partial charge is 0.336 e. The van der Waals surface area contributed by atoms with Crippen LogP contribution in [-0.2, 0) is 23.9 Å². The van der Waals surface area contributed by atoms with Crippen molar-refractivity contribution in [1.82, 2.24) is 0 Å². The molecule has 0 aliphatic heterocycles. The zero-order chi connectivity index (χ0) is 11.4. The third-order valence-electron chi connectivity index (χ3n) is 1.46. The largest absolute Gasteiger partial charge is 0.480 e. The Kier molecular flexibility index (Phi) is 3.57. The molecule has 0 aliphatic rings. The molecule has 0 amide bonds. The van der Waals surface area contributed by atoms with Gasteiger partial charge in [-0.3, -0.25) is 19.2 Å². The molecule has 3 N–H and O–H groups in total. The standard InChI is InChI=1S/C6H6O8/c7-2-14-1-6(3(8)9,4(10)11)5(12)13/h2H,1H2,(H,8,9)(H,10,11)(H,12,13). The number of hydrogen-bond acceptors (Lipinski definition) is 5. The van der Waals surface area contributed by atoms with E-state index in [0.29, 0.717) is 0 Å². The average Bonchev–Trinajstić information content (AvgIpc) is 2.03. The molecule has 0 heterocycles. The first-order valence-electron chi connectivity index (χ1n) is 3.15. The highest BCUT2D eigenvalue weighted by molar-refractivity contribution is 6.16. The van der Waals surface area contributed by atoms with Crippen molar-refractivity contribution >= 4 is 24.4 Å². The lowest BCUT2D eigenvalue weighted by atomic mass is 9.89. The van der Waals surface area contributed by atoms with Crippen LogP contribution in [0.2, 0.25) is 0 Å². The van der Waals surface area contributed by atoms with Gasteiger partial charge in [-0.1, -0.05) is 0 Å². The Labute approximate surface area is 76.7 Å². The minimum absolute atomic E-state index is 0.233. The summed E-state index contributed by atoms with van der Waals surface area (Å²) in [5, 5.41) is 25.3. The molecule has 0 fully saturated rings. The van der Waals surface area contributed by atoms with Crippen molar-refractivity contribution in [1.29, 1.82) is 0 Å². The van der Waals surface area contributed by atoms with Crippen LogP contribution in [0.1, 0.15) is 0 Å². The molecule has 0 unspecified atom stereocenters. The van der Waals surface area contributed by atoms with E-state index in [9.17, 15) is 19.2 Å². The lowest BCUT2D eigenvalue weighted by molar-refractivity contribution is -0.180. The maximum Gasteiger partial charge on any atom is 0.336 e. The Morgan fingerprint density at radius 1 is 1.07 bits per heavy atom. The quantitative estimate of drug-likeness (QED) is 0.348. The van der Waals surface area contributed by atoms with Gasteiger partial charge in [-0.15, -0.1) is 0 Å². The third kappa shape index (κ3) is 1.79. The number of aliphatic carboxylic acids is 3. The third-order valence-corrected chi connectivity index (χ3v) is 1.46. The number of hydrogen-bond donors (Lipinski definition) is 3. The van der Waals surface area contributed by atoms with Crippen molar-refractivity contribution in [2.75, 3.05) is 6.61 Å². The summed E-state index contributed by atoms with van der Waals surface area (Å²) in [7, 11) is 0. The molecule has 0 rings (SSSR count). The second-order valence-corrected chi connectivity index (χ2v) is 2.23. The van der Waals surface area contributed by atoms with Crippen molar-refractivity contribution < 1.29 is 39.2 Å². The van der Waals surface area contributed by atoms with Crippen molar-refractivity contribution in [3.63, 3.8) is 0 Å². The van der Waals surface area contributed by atoms with Crippen LogP contribution in [0.3, 0.4) is 0 Å². The number of carboxylic acids is 3. The second-order valence-electron chi connectivity index (χ2n) is 2.23. The average molecular weight is 206 g/mol. The van der Waals surface area contributed by atoms with Crippen LogP contribution >= 0.6 is 0 Å². The Morgan fingerprint density at radius 3 is 1.64 bits per heavy atom. The van der Waals surface area contributed by atoms with E-state index in [-0.39, 0.29) is 6.47 Å². The summed E-state index contributed by atoms with van der Waals surface area (Å²) < 4.78 is 3.86. The van der Waals surface area contributed by atoms with E-state index >= 15 is 0 Å². The molecule has 78 valence electrons. The summed E-state index contributed by atoms with van der Waals surface area (Å²) in [5.41, 5.74) is -3.15. The van der Waals surface area contributed by atoms with E-state index in [0.717, 1.165) is 0 Å². The molecule has 0 aliphatic carbocycles. The number of carbonyl (C=O) groups excluding carboxylic acids is 1. The van der Waals surface area contributed by atoms with Crippen LogP contribution in [-0.4, -0.2) is 46.3 Å². The van der Waals surface area contributed by atoms with Crippen LogP contribution in [0.4, 0.5) is 0 Å². The molecule has 0 bridgehead atoms. The molecule has 0 atom stereocenters. The minimum Gasteiger partial charge on any atom is -0.480 e. The van der Waals surface area contributed by atoms with Gasteiger partial charge in [-0.2, -0.15) is 0 Å². The summed E-state index contributed by atoms with van der Waals surface area (Å²) in [6.45, 7) is -1.50. The number of rotatable bonds is 6. The van der Waals surface area contributed by atoms with E-state index in [2.05, 4.69) is 4.74 Å². The summed E-state index contributed by atoms with van der Waals surface area (Å²) in [4.78, 5) is 41.1. The minimum atomic E-state index is -3.15. The molecule has 0 aromatic carbocycles. The van der Waals surface area contributed by atoms with E-state index in [1.165, 1.54) is 0 Å². The summed E-state index contributed by atoms with van der Waals surface area (Å²) >= 11 is 0. The zero-order valence-electron chi connectivity index (χ0n) is 6.67. The van der Waals surface area contributed by atoms with Crippen LogP contribution in [0.25, 0.3) is 0 Å². The predicted molar refractivity (Wildman–Crippen MR) is 37.4 cm³/mol. The molecule has 14 heavy (non-hydrogen) atoms. The molecule has 8 nitrogen and oxygen atoms in total. The number of carboxylic acid groups (broad SMARTS) is 3. The van der Waals surface area contributed by atoms with Crippen LogP contribution in [0, 0.1) is 5.41 Å². The monoisotopic (exact) mass is 206 g/mol. The molecular weight excluding hydrogens is 200 g/mol. The molecule has 0 saturated carbocycles. The van der Waals surface area contributed by atoms with Gasteiger partial charge in [0.2, 0.25) is 0 Å². The highest BCUT2D eigenvalue weighted by atomic mass is 16.5. The van der Waals surface area contributed by atoms with Crippen molar-refractivity contribution in [2.24, 2.45) is 5.41 Å². The van der Waals surface area contributed by atoms with Gasteiger partial charge in [-0.25, -0.2) is 0 Å². The van der Waals surface area contributed by atoms with Gasteiger partial charge in [0.05, 0.1) is 0 Å². The van der Waals surface area contributed by atoms with Crippen molar-refractivity contribution in [3.8, 4) is 0 Å². The van der Waals surface area contributed by atoms with Gasteiger partial charge >= 0.3 is 17.9 Å². The molecule has 0 radical (unpaired) electrons. The van der Waals surface area contributed by atoms with E-state index in [4.69, 9.17) is 15.3 Å². The van der Waals surface area contributed by atoms with Gasteiger partial charge in [-0.05, 0) is 0 Å². The molecule has 0 saturated heterocycles. The number of ether oxygens (including phenoxy) is 1. The Balaban J connectivity index is 5.15. The Bertz CT molecular complexity index is 244. The van der Waals surface area contributed by atoms with E-state index in [1.54, 1.807) is 0 Å². The van der Waals surface area contributed by atoms with Gasteiger partial charge in [0.1, 0.15) is 6.61 Å². The summed E-state index contributed by atoms with van der Waals surface area (Å²) in [6.07, 6.45) is 0. The van der Waals surface area contributed by atoms with Gasteiger partial charge in [0, 0.05) is 0 Å². The molecule has 0 aromatic rings. The summed E-state index contributed by atoms with van der Waals surface area (Å²) in [5.74, 6) is -6.34. The van der Waals surface area contributed by atoms with Crippen LogP contribution < -0.4 is 0 Å². The Morgan fingerprint density at radius 2 is 1.43 bits per heavy atom. The second kappa shape index (κ2) is 4.21. The maximum absolute atomic E-state index is 10.5. The molecule has 0 spiro atoms. The van der Waals surface area contributed by atoms with E-state index < -0.39 is 29.9 Å².